The van der Waals surface area contributed by atoms with Gasteiger partial charge in [0.15, 0.2) is 0 Å². The molecule has 2 N–H and O–H groups in total. The molecule has 0 radical (unpaired) electrons. The molecule has 33 heavy (non-hydrogen) atoms. The number of ether oxygens (including phenoxy) is 1. The molecule has 0 saturated heterocycles. The first-order valence-corrected chi connectivity index (χ1v) is 10.5. The normalized spacial score (nSPS) is 12.5. The molecule has 176 valence electrons. The molecule has 4 rings (SSSR count). The van der Waals surface area contributed by atoms with Gasteiger partial charge < -0.3 is 19.7 Å². The van der Waals surface area contributed by atoms with Gasteiger partial charge in [0.1, 0.15) is 11.6 Å². The van der Waals surface area contributed by atoms with Crippen LogP contribution in [0.1, 0.15) is 26.0 Å². The highest BCUT2D eigenvalue weighted by atomic mass is 32.1. The molecule has 0 aliphatic rings. The van der Waals surface area contributed by atoms with Crippen molar-refractivity contribution in [3.8, 4) is 16.9 Å². The van der Waals surface area contributed by atoms with Crippen molar-refractivity contribution in [1.29, 1.82) is 0 Å². The second-order valence-electron chi connectivity index (χ2n) is 7.52. The fourth-order valence-electron chi connectivity index (χ4n) is 4.20. The topological polar surface area (TPSA) is 46.4 Å². The van der Waals surface area contributed by atoms with Crippen LogP contribution in [-0.4, -0.2) is 36.0 Å². The lowest BCUT2D eigenvalue weighted by Gasteiger charge is -2.26. The van der Waals surface area contributed by atoms with Crippen LogP contribution in [0.3, 0.4) is 0 Å². The monoisotopic (exact) mass is 468 g/mol. The summed E-state index contributed by atoms with van der Waals surface area (Å²) in [7, 11) is 1.80. The average molecular weight is 469 g/mol. The number of rotatable bonds is 8. The maximum Gasteiger partial charge on any atom is 0.127 e. The number of halogens is 1. The molecule has 0 amide bonds. The second-order valence-corrected chi connectivity index (χ2v) is 7.52. The average Bonchev–Trinajstić information content (AvgIpc) is 3.14. The summed E-state index contributed by atoms with van der Waals surface area (Å²) in [5.74, 6) is 0.489. The molecule has 0 saturated carbocycles. The van der Waals surface area contributed by atoms with Crippen LogP contribution in [0.25, 0.3) is 22.0 Å². The van der Waals surface area contributed by atoms with Gasteiger partial charge in [-0.2, -0.15) is 13.5 Å². The lowest BCUT2D eigenvalue weighted by atomic mass is 10.0. The molecule has 1 heterocycles. The quantitative estimate of drug-likeness (QED) is 0.345. The first-order valence-electron chi connectivity index (χ1n) is 10.5. The number of hydrogen-bond donors (Lipinski definition) is 2. The van der Waals surface area contributed by atoms with Crippen molar-refractivity contribution >= 4 is 24.4 Å². The highest BCUT2D eigenvalue weighted by molar-refractivity contribution is 7.59. The summed E-state index contributed by atoms with van der Waals surface area (Å²) in [5, 5.41) is 15.1. The Kier molecular flexibility index (Phi) is 9.53. The fourth-order valence-corrected chi connectivity index (χ4v) is 4.20. The van der Waals surface area contributed by atoms with Gasteiger partial charge >= 0.3 is 0 Å². The Hall–Kier alpha value is -2.80. The number of aliphatic hydroxyl groups excluding tert-OH is 1. The molecule has 0 aliphatic heterocycles. The van der Waals surface area contributed by atoms with Crippen molar-refractivity contribution in [3.05, 3.63) is 90.4 Å². The van der Waals surface area contributed by atoms with Crippen LogP contribution in [-0.2, 0) is 0 Å². The third kappa shape index (κ3) is 5.41. The zero-order valence-corrected chi connectivity index (χ0v) is 19.3. The van der Waals surface area contributed by atoms with E-state index in [0.717, 1.165) is 27.8 Å². The molecule has 0 unspecified atom stereocenters. The van der Waals surface area contributed by atoms with Crippen LogP contribution in [0.5, 0.6) is 5.75 Å². The van der Waals surface area contributed by atoms with E-state index in [9.17, 15) is 9.50 Å². The van der Waals surface area contributed by atoms with Gasteiger partial charge in [0.05, 0.1) is 18.8 Å². The summed E-state index contributed by atoms with van der Waals surface area (Å²) in [4.78, 5) is 0. The Labute approximate surface area is 202 Å². The number of hydrogen-bond acceptors (Lipinski definition) is 3. The van der Waals surface area contributed by atoms with Gasteiger partial charge in [-0.1, -0.05) is 56.0 Å². The van der Waals surface area contributed by atoms with E-state index in [2.05, 4.69) is 11.4 Å². The third-order valence-electron chi connectivity index (χ3n) is 5.49. The highest BCUT2D eigenvalue weighted by Gasteiger charge is 2.26. The smallest absolute Gasteiger partial charge is 0.127 e. The van der Waals surface area contributed by atoms with Gasteiger partial charge in [0, 0.05) is 34.8 Å². The largest absolute Gasteiger partial charge is 0.493 e. The first-order chi connectivity index (χ1) is 15.1. The molecule has 3 aromatic carbocycles. The Morgan fingerprint density at radius 2 is 1.73 bits per heavy atom. The molecular weight excluding hydrogens is 435 g/mol. The van der Waals surface area contributed by atoms with Crippen molar-refractivity contribution in [2.45, 2.75) is 26.5 Å². The molecule has 4 nitrogen and oxygen atoms in total. The maximum atomic E-state index is 14.1. The van der Waals surface area contributed by atoms with E-state index in [1.807, 2.05) is 66.2 Å². The minimum Gasteiger partial charge on any atom is -0.493 e. The minimum atomic E-state index is -0.752. The molecule has 1 aromatic heterocycles. The van der Waals surface area contributed by atoms with Crippen LogP contribution < -0.4 is 10.1 Å². The van der Waals surface area contributed by atoms with Gasteiger partial charge in [0.2, 0.25) is 0 Å². The summed E-state index contributed by atoms with van der Waals surface area (Å²) in [6.45, 7) is 2.91. The standard InChI is InChI=1S/C26H27FN2O2.CH4.H2S/c1-3-31-25-14-7-5-12-21(25)22-17-29(23-13-6-4-11-20(22)23)26(24(30)16-28-2)18-9-8-10-19(27)15-18;;/h4-15,17,24,26,28,30H,3,16H2,1-2H3;1H4;1H2/t24-,26+;;/m1../s1. The number of fused-ring (bicyclic) bond motifs is 1. The number of nitrogens with zero attached hydrogens (tertiary/aromatic N) is 1. The number of benzene rings is 3. The maximum absolute atomic E-state index is 14.1. The number of nitrogens with one attached hydrogen (secondary N) is 1. The molecule has 0 aliphatic carbocycles. The van der Waals surface area contributed by atoms with E-state index in [-0.39, 0.29) is 26.7 Å². The summed E-state index contributed by atoms with van der Waals surface area (Å²) < 4.78 is 22.0. The molecule has 0 fully saturated rings. The Balaban J connectivity index is 0.00000193. The fraction of sp³-hybridized carbons (Fsp3) is 0.259. The number of likely N-dealkylation sites (N-methyl/N-ethyl adjacent to an activating group) is 1. The van der Waals surface area contributed by atoms with Crippen LogP contribution in [0, 0.1) is 5.82 Å². The molecule has 6 heteroatoms. The van der Waals surface area contributed by atoms with E-state index < -0.39 is 12.1 Å². The van der Waals surface area contributed by atoms with Gasteiger partial charge in [-0.25, -0.2) is 4.39 Å². The molecular formula is C27H33FN2O2S. The number of aromatic nitrogens is 1. The van der Waals surface area contributed by atoms with Crippen molar-refractivity contribution in [2.75, 3.05) is 20.2 Å². The van der Waals surface area contributed by atoms with E-state index in [1.54, 1.807) is 13.1 Å². The van der Waals surface area contributed by atoms with E-state index in [4.69, 9.17) is 4.74 Å². The zero-order valence-electron chi connectivity index (χ0n) is 18.3. The number of para-hydroxylation sites is 2. The zero-order chi connectivity index (χ0) is 21.8. The van der Waals surface area contributed by atoms with Crippen LogP contribution in [0.2, 0.25) is 0 Å². The summed E-state index contributed by atoms with van der Waals surface area (Å²) >= 11 is 0. The van der Waals surface area contributed by atoms with Gasteiger partial charge in [-0.05, 0) is 43.8 Å². The lowest BCUT2D eigenvalue weighted by molar-refractivity contribution is 0.132. The Morgan fingerprint density at radius 3 is 2.45 bits per heavy atom. The SMILES string of the molecule is C.CCOc1ccccc1-c1cn([C@@H](c2cccc(F)c2)[C@H](O)CNC)c2ccccc12.S. The van der Waals surface area contributed by atoms with Crippen molar-refractivity contribution < 1.29 is 14.2 Å². The van der Waals surface area contributed by atoms with Gasteiger partial charge in [0.25, 0.3) is 0 Å². The van der Waals surface area contributed by atoms with Crippen molar-refractivity contribution in [3.63, 3.8) is 0 Å². The van der Waals surface area contributed by atoms with Gasteiger partial charge in [-0.15, -0.1) is 0 Å². The van der Waals surface area contributed by atoms with E-state index in [0.29, 0.717) is 18.7 Å². The van der Waals surface area contributed by atoms with E-state index >= 15 is 0 Å². The Morgan fingerprint density at radius 1 is 1.00 bits per heavy atom. The van der Waals surface area contributed by atoms with Crippen LogP contribution in [0.15, 0.2) is 79.0 Å². The lowest BCUT2D eigenvalue weighted by Crippen LogP contribution is -2.33. The van der Waals surface area contributed by atoms with Gasteiger partial charge in [-0.3, -0.25) is 0 Å². The summed E-state index contributed by atoms with van der Waals surface area (Å²) in [6, 6.07) is 22.0. The third-order valence-corrected chi connectivity index (χ3v) is 5.49. The van der Waals surface area contributed by atoms with Crippen molar-refractivity contribution in [2.24, 2.45) is 0 Å². The molecule has 0 bridgehead atoms. The van der Waals surface area contributed by atoms with Crippen LogP contribution in [0.4, 0.5) is 4.39 Å². The van der Waals surface area contributed by atoms with Crippen LogP contribution >= 0.6 is 13.5 Å². The first kappa shape index (κ1) is 26.5. The summed E-state index contributed by atoms with van der Waals surface area (Å²) in [5.41, 5.74) is 3.68. The minimum absolute atomic E-state index is 0. The molecule has 4 aromatic rings. The second kappa shape index (κ2) is 11.9. The van der Waals surface area contributed by atoms with Crippen molar-refractivity contribution in [1.82, 2.24) is 9.88 Å². The predicted molar refractivity (Wildman–Crippen MR) is 140 cm³/mol. The Bertz CT molecular complexity index is 1180. The highest BCUT2D eigenvalue weighted by Crippen LogP contribution is 2.39. The summed E-state index contributed by atoms with van der Waals surface area (Å²) in [6.07, 6.45) is 1.29. The van der Waals surface area contributed by atoms with E-state index in [1.165, 1.54) is 12.1 Å². The molecule has 0 spiro atoms. The predicted octanol–water partition coefficient (Wildman–Crippen LogP) is 5.76. The number of aliphatic hydroxyl groups is 1. The molecule has 2 atom stereocenters.